The van der Waals surface area contributed by atoms with Gasteiger partial charge in [0.05, 0.1) is 6.10 Å². The van der Waals surface area contributed by atoms with Crippen molar-refractivity contribution in [3.63, 3.8) is 0 Å². The van der Waals surface area contributed by atoms with Gasteiger partial charge in [0.2, 0.25) is 0 Å². The topological polar surface area (TPSA) is 46.2 Å². The Morgan fingerprint density at radius 2 is 2.20 bits per heavy atom. The number of hydrogen-bond acceptors (Lipinski definition) is 2. The summed E-state index contributed by atoms with van der Waals surface area (Å²) < 4.78 is 1.11. The highest BCUT2D eigenvalue weighted by atomic mass is 79.9. The van der Waals surface area contributed by atoms with Crippen molar-refractivity contribution in [2.45, 2.75) is 31.3 Å². The van der Waals surface area contributed by atoms with Crippen molar-refractivity contribution in [3.8, 4) is 0 Å². The molecule has 0 atom stereocenters. The summed E-state index contributed by atoms with van der Waals surface area (Å²) in [6.45, 7) is 2.67. The molecule has 0 radical (unpaired) electrons. The van der Waals surface area contributed by atoms with E-state index in [1.54, 1.807) is 0 Å². The van der Waals surface area contributed by atoms with Gasteiger partial charge in [-0.25, -0.2) is 0 Å². The second-order valence-corrected chi connectivity index (χ2v) is 5.38. The second-order valence-electron chi connectivity index (χ2n) is 4.53. The number of nitrogens with two attached hydrogens (primary N) is 1. The molecule has 1 aromatic carbocycles. The van der Waals surface area contributed by atoms with E-state index in [0.717, 1.165) is 17.3 Å². The highest BCUT2D eigenvalue weighted by Gasteiger charge is 2.44. The number of benzene rings is 1. The molecule has 0 bridgehead atoms. The highest BCUT2D eigenvalue weighted by molar-refractivity contribution is 9.10. The zero-order valence-electron chi connectivity index (χ0n) is 8.83. The molecule has 0 unspecified atom stereocenters. The summed E-state index contributed by atoms with van der Waals surface area (Å²) in [5.74, 6) is 0. The van der Waals surface area contributed by atoms with Crippen LogP contribution in [0, 0.1) is 6.92 Å². The van der Waals surface area contributed by atoms with Crippen LogP contribution >= 0.6 is 15.9 Å². The molecule has 3 N–H and O–H groups in total. The number of aliphatic hydroxyl groups excluding tert-OH is 1. The minimum absolute atomic E-state index is 0.00799. The largest absolute Gasteiger partial charge is 0.393 e. The SMILES string of the molecule is Cc1ccc(C2(CN)CC(O)C2)c(Br)c1. The van der Waals surface area contributed by atoms with Crippen LogP contribution in [0.4, 0.5) is 0 Å². The van der Waals surface area contributed by atoms with E-state index in [4.69, 9.17) is 5.73 Å². The molecule has 1 aliphatic rings. The summed E-state index contributed by atoms with van der Waals surface area (Å²) in [4.78, 5) is 0. The van der Waals surface area contributed by atoms with E-state index < -0.39 is 0 Å². The van der Waals surface area contributed by atoms with Gasteiger partial charge in [-0.3, -0.25) is 0 Å². The summed E-state index contributed by atoms with van der Waals surface area (Å²) in [6.07, 6.45) is 1.39. The summed E-state index contributed by atoms with van der Waals surface area (Å²) in [7, 11) is 0. The Hall–Kier alpha value is -0.380. The number of rotatable bonds is 2. The number of halogens is 1. The Kier molecular flexibility index (Phi) is 2.88. The van der Waals surface area contributed by atoms with Crippen LogP contribution in [-0.2, 0) is 5.41 Å². The molecule has 82 valence electrons. The zero-order chi connectivity index (χ0) is 11.1. The second kappa shape index (κ2) is 3.89. The minimum atomic E-state index is -0.179. The lowest BCUT2D eigenvalue weighted by Gasteiger charge is -2.45. The van der Waals surface area contributed by atoms with Gasteiger partial charge < -0.3 is 10.8 Å². The molecule has 3 heteroatoms. The summed E-state index contributed by atoms with van der Waals surface area (Å²) in [5.41, 5.74) is 8.30. The van der Waals surface area contributed by atoms with Crippen molar-refractivity contribution >= 4 is 15.9 Å². The fraction of sp³-hybridized carbons (Fsp3) is 0.500. The molecular weight excluding hydrogens is 254 g/mol. The van der Waals surface area contributed by atoms with Gasteiger partial charge >= 0.3 is 0 Å². The Labute approximate surface area is 98.6 Å². The van der Waals surface area contributed by atoms with E-state index in [9.17, 15) is 5.11 Å². The maximum atomic E-state index is 9.45. The van der Waals surface area contributed by atoms with Gasteiger partial charge in [-0.2, -0.15) is 0 Å². The average molecular weight is 270 g/mol. The van der Waals surface area contributed by atoms with Crippen molar-refractivity contribution in [2.75, 3.05) is 6.54 Å². The first-order chi connectivity index (χ1) is 7.07. The van der Waals surface area contributed by atoms with E-state index in [1.165, 1.54) is 11.1 Å². The van der Waals surface area contributed by atoms with Crippen LogP contribution in [0.3, 0.4) is 0 Å². The van der Waals surface area contributed by atoms with E-state index in [1.807, 2.05) is 0 Å². The van der Waals surface area contributed by atoms with Crippen molar-refractivity contribution in [1.29, 1.82) is 0 Å². The predicted octanol–water partition coefficient (Wildman–Crippen LogP) is 2.11. The molecule has 0 aliphatic heterocycles. The maximum Gasteiger partial charge on any atom is 0.0558 e. The minimum Gasteiger partial charge on any atom is -0.393 e. The third-order valence-electron chi connectivity index (χ3n) is 3.34. The normalized spacial score (nSPS) is 30.0. The van der Waals surface area contributed by atoms with Crippen LogP contribution in [0.2, 0.25) is 0 Å². The maximum absolute atomic E-state index is 9.45. The molecule has 0 amide bonds. The third-order valence-corrected chi connectivity index (χ3v) is 4.00. The highest BCUT2D eigenvalue weighted by Crippen LogP contribution is 2.45. The van der Waals surface area contributed by atoms with Crippen LogP contribution < -0.4 is 5.73 Å². The Bertz CT molecular complexity index is 372. The first kappa shape index (κ1) is 11.1. The molecular formula is C12H16BrNO. The molecule has 0 aromatic heterocycles. The van der Waals surface area contributed by atoms with Crippen LogP contribution in [-0.4, -0.2) is 17.8 Å². The fourth-order valence-electron chi connectivity index (χ4n) is 2.39. The van der Waals surface area contributed by atoms with Gasteiger partial charge in [-0.15, -0.1) is 0 Å². The standard InChI is InChI=1S/C12H16BrNO/c1-8-2-3-10(11(13)4-8)12(7-14)5-9(15)6-12/h2-4,9,15H,5-7,14H2,1H3. The smallest absolute Gasteiger partial charge is 0.0558 e. The molecule has 1 aromatic rings. The third kappa shape index (κ3) is 1.84. The quantitative estimate of drug-likeness (QED) is 0.864. The van der Waals surface area contributed by atoms with Gasteiger partial charge in [0.25, 0.3) is 0 Å². The lowest BCUT2D eigenvalue weighted by Crippen LogP contribution is -2.50. The summed E-state index contributed by atoms with van der Waals surface area (Å²) >= 11 is 3.58. The number of aliphatic hydroxyl groups is 1. The van der Waals surface area contributed by atoms with Gasteiger partial charge in [0.15, 0.2) is 0 Å². The van der Waals surface area contributed by atoms with E-state index >= 15 is 0 Å². The zero-order valence-corrected chi connectivity index (χ0v) is 10.4. The summed E-state index contributed by atoms with van der Waals surface area (Å²) in [5, 5.41) is 9.45. The van der Waals surface area contributed by atoms with Crippen LogP contribution in [0.1, 0.15) is 24.0 Å². The molecule has 0 heterocycles. The van der Waals surface area contributed by atoms with Crippen LogP contribution in [0.5, 0.6) is 0 Å². The fourth-order valence-corrected chi connectivity index (χ4v) is 3.30. The van der Waals surface area contributed by atoms with Gasteiger partial charge in [-0.1, -0.05) is 28.1 Å². The van der Waals surface area contributed by atoms with E-state index in [2.05, 4.69) is 41.1 Å². The average Bonchev–Trinajstić information content (AvgIpc) is 2.13. The monoisotopic (exact) mass is 269 g/mol. The van der Waals surface area contributed by atoms with E-state index in [-0.39, 0.29) is 11.5 Å². The van der Waals surface area contributed by atoms with Crippen molar-refractivity contribution in [3.05, 3.63) is 33.8 Å². The van der Waals surface area contributed by atoms with Crippen LogP contribution in [0.15, 0.2) is 22.7 Å². The summed E-state index contributed by atoms with van der Waals surface area (Å²) in [6, 6.07) is 6.33. The number of aryl methyl sites for hydroxylation is 1. The molecule has 2 rings (SSSR count). The van der Waals surface area contributed by atoms with Crippen molar-refractivity contribution < 1.29 is 5.11 Å². The van der Waals surface area contributed by atoms with Crippen molar-refractivity contribution in [2.24, 2.45) is 5.73 Å². The van der Waals surface area contributed by atoms with Crippen molar-refractivity contribution in [1.82, 2.24) is 0 Å². The molecule has 2 nitrogen and oxygen atoms in total. The van der Waals surface area contributed by atoms with E-state index in [0.29, 0.717) is 6.54 Å². The Balaban J connectivity index is 2.36. The van der Waals surface area contributed by atoms with Gasteiger partial charge in [0, 0.05) is 16.4 Å². The molecule has 1 fully saturated rings. The Morgan fingerprint density at radius 1 is 1.53 bits per heavy atom. The van der Waals surface area contributed by atoms with Gasteiger partial charge in [-0.05, 0) is 37.0 Å². The predicted molar refractivity (Wildman–Crippen MR) is 64.9 cm³/mol. The molecule has 0 spiro atoms. The lowest BCUT2D eigenvalue weighted by atomic mass is 9.63. The molecule has 15 heavy (non-hydrogen) atoms. The van der Waals surface area contributed by atoms with Gasteiger partial charge in [0.1, 0.15) is 0 Å². The molecule has 1 aliphatic carbocycles. The first-order valence-electron chi connectivity index (χ1n) is 5.22. The first-order valence-corrected chi connectivity index (χ1v) is 6.01. The van der Waals surface area contributed by atoms with Crippen LogP contribution in [0.25, 0.3) is 0 Å². The molecule has 0 saturated heterocycles. The molecule has 1 saturated carbocycles. The number of hydrogen-bond donors (Lipinski definition) is 2. The lowest BCUT2D eigenvalue weighted by molar-refractivity contribution is 0.0218. The Morgan fingerprint density at radius 3 is 2.67 bits per heavy atom.